The highest BCUT2D eigenvalue weighted by Crippen LogP contribution is 2.08. The molecule has 0 unspecified atom stereocenters. The van der Waals surface area contributed by atoms with Crippen LogP contribution in [0.5, 0.6) is 0 Å². The molecule has 0 radical (unpaired) electrons. The molecule has 0 aromatic carbocycles. The van der Waals surface area contributed by atoms with E-state index < -0.39 is 0 Å². The van der Waals surface area contributed by atoms with Gasteiger partial charge < -0.3 is 0 Å². The average molecular weight is 148 g/mol. The molecule has 1 rings (SSSR count). The molecule has 1 N–H and O–H groups in total. The van der Waals surface area contributed by atoms with Gasteiger partial charge in [-0.3, -0.25) is 0 Å². The van der Waals surface area contributed by atoms with E-state index in [0.29, 0.717) is 0 Å². The Balaban J connectivity index is 2.35. The summed E-state index contributed by atoms with van der Waals surface area (Å²) in [7, 11) is 4.01. The first-order valence-electron chi connectivity index (χ1n) is 2.76. The number of hydrogen-bond donors (Lipinski definition) is 1. The molecular weight excluding hydrogens is 136 g/mol. The summed E-state index contributed by atoms with van der Waals surface area (Å²) in [5, 5.41) is 4.02. The van der Waals surface area contributed by atoms with Crippen LogP contribution in [0.25, 0.3) is 0 Å². The van der Waals surface area contributed by atoms with Crippen molar-refractivity contribution >= 4 is 11.9 Å². The molecule has 1 saturated heterocycles. The molecule has 1 fully saturated rings. The van der Waals surface area contributed by atoms with Crippen LogP contribution in [0, 0.1) is 0 Å². The summed E-state index contributed by atoms with van der Waals surface area (Å²) in [5.74, 6) is 0. The fourth-order valence-electron chi connectivity index (χ4n) is 0.649. The molecule has 0 bridgehead atoms. The number of nitrogens with one attached hydrogen (secondary N) is 1. The molecule has 0 aromatic rings. The second-order valence-electron chi connectivity index (χ2n) is 1.98. The third-order valence-electron chi connectivity index (χ3n) is 1.32. The van der Waals surface area contributed by atoms with Crippen molar-refractivity contribution in [3.8, 4) is 0 Å². The van der Waals surface area contributed by atoms with Crippen molar-refractivity contribution < 1.29 is 0 Å². The fraction of sp³-hybridized carbons (Fsp3) is 1.00. The van der Waals surface area contributed by atoms with Crippen molar-refractivity contribution in [3.05, 3.63) is 0 Å². The molecule has 0 aliphatic carbocycles. The van der Waals surface area contributed by atoms with Crippen molar-refractivity contribution in [2.24, 2.45) is 0 Å². The van der Waals surface area contributed by atoms with Crippen molar-refractivity contribution in [1.29, 1.82) is 0 Å². The first-order chi connectivity index (χ1) is 4.24. The number of rotatable bonds is 1. The number of hydrazine groups is 3. The Morgan fingerprint density at radius 1 is 1.44 bits per heavy atom. The van der Waals surface area contributed by atoms with E-state index in [2.05, 4.69) is 10.5 Å². The summed E-state index contributed by atoms with van der Waals surface area (Å²) in [6.07, 6.45) is 2.04. The van der Waals surface area contributed by atoms with E-state index in [1.807, 2.05) is 29.9 Å². The molecular formula is C4H12N4S. The zero-order valence-corrected chi connectivity index (χ0v) is 6.77. The van der Waals surface area contributed by atoms with Gasteiger partial charge in [0.25, 0.3) is 0 Å². The van der Waals surface area contributed by atoms with E-state index >= 15 is 0 Å². The van der Waals surface area contributed by atoms with Crippen LogP contribution in [0.2, 0.25) is 0 Å². The fourth-order valence-corrected chi connectivity index (χ4v) is 1.13. The van der Waals surface area contributed by atoms with Crippen LogP contribution in [0.3, 0.4) is 0 Å². The predicted octanol–water partition coefficient (Wildman–Crippen LogP) is -0.264. The van der Waals surface area contributed by atoms with E-state index in [9.17, 15) is 0 Å². The molecule has 4 nitrogen and oxygen atoms in total. The first kappa shape index (κ1) is 7.30. The van der Waals surface area contributed by atoms with E-state index in [0.717, 1.165) is 6.67 Å². The van der Waals surface area contributed by atoms with Gasteiger partial charge in [0.15, 0.2) is 0 Å². The summed E-state index contributed by atoms with van der Waals surface area (Å²) < 4.78 is 2.04. The molecule has 9 heavy (non-hydrogen) atoms. The summed E-state index contributed by atoms with van der Waals surface area (Å²) in [4.78, 5) is 0. The lowest BCUT2D eigenvalue weighted by molar-refractivity contribution is 0.0403. The summed E-state index contributed by atoms with van der Waals surface area (Å²) in [6.45, 7) is 0.928. The second-order valence-corrected chi connectivity index (χ2v) is 2.79. The van der Waals surface area contributed by atoms with Crippen LogP contribution in [0.15, 0.2) is 0 Å². The Hall–Kier alpha value is 0.190. The SMILES string of the molecule is CSN1CN(C)N(C)N1. The maximum Gasteiger partial charge on any atom is 0.0921 e. The Morgan fingerprint density at radius 2 is 2.11 bits per heavy atom. The van der Waals surface area contributed by atoms with Gasteiger partial charge in [0.05, 0.1) is 6.67 Å². The number of nitrogens with zero attached hydrogens (tertiary/aromatic N) is 3. The van der Waals surface area contributed by atoms with Gasteiger partial charge in [-0.05, 0) is 6.26 Å². The first-order valence-corrected chi connectivity index (χ1v) is 3.95. The van der Waals surface area contributed by atoms with E-state index in [-0.39, 0.29) is 0 Å². The predicted molar refractivity (Wildman–Crippen MR) is 38.9 cm³/mol. The van der Waals surface area contributed by atoms with Gasteiger partial charge in [-0.2, -0.15) is 15.1 Å². The van der Waals surface area contributed by atoms with Crippen LogP contribution < -0.4 is 5.53 Å². The lowest BCUT2D eigenvalue weighted by Gasteiger charge is -2.14. The Kier molecular flexibility index (Phi) is 2.31. The zero-order valence-electron chi connectivity index (χ0n) is 5.96. The molecule has 0 spiro atoms. The largest absolute Gasteiger partial charge is 0.214 e. The van der Waals surface area contributed by atoms with Gasteiger partial charge in [-0.1, -0.05) is 11.9 Å². The minimum absolute atomic E-state index is 0.928. The molecule has 1 aliphatic rings. The van der Waals surface area contributed by atoms with E-state index in [1.165, 1.54) is 0 Å². The van der Waals surface area contributed by atoms with Gasteiger partial charge in [0.1, 0.15) is 0 Å². The van der Waals surface area contributed by atoms with Crippen molar-refractivity contribution in [3.63, 3.8) is 0 Å². The molecule has 0 saturated carbocycles. The maximum atomic E-state index is 3.11. The average Bonchev–Trinajstić information content (AvgIpc) is 2.13. The van der Waals surface area contributed by atoms with E-state index in [4.69, 9.17) is 0 Å². The standard InChI is InChI=1S/C4H12N4S/c1-6-4-8(9-3)5-7(6)2/h5H,4H2,1-3H3. The van der Waals surface area contributed by atoms with Gasteiger partial charge in [0.2, 0.25) is 0 Å². The third-order valence-corrected chi connectivity index (χ3v) is 1.96. The molecule has 1 aliphatic heterocycles. The smallest absolute Gasteiger partial charge is 0.0921 e. The van der Waals surface area contributed by atoms with Gasteiger partial charge in [0, 0.05) is 14.1 Å². The van der Waals surface area contributed by atoms with Gasteiger partial charge in [-0.25, -0.2) is 5.01 Å². The summed E-state index contributed by atoms with van der Waals surface area (Å²) in [5.41, 5.74) is 3.11. The topological polar surface area (TPSA) is 21.8 Å². The summed E-state index contributed by atoms with van der Waals surface area (Å²) >= 11 is 1.68. The molecule has 0 amide bonds. The molecule has 0 aromatic heterocycles. The van der Waals surface area contributed by atoms with Crippen LogP contribution >= 0.6 is 11.9 Å². The Morgan fingerprint density at radius 3 is 2.33 bits per heavy atom. The molecule has 54 valence electrons. The Bertz CT molecular complexity index is 88.6. The highest BCUT2D eigenvalue weighted by atomic mass is 32.2. The van der Waals surface area contributed by atoms with Crippen molar-refractivity contribution in [2.75, 3.05) is 27.0 Å². The van der Waals surface area contributed by atoms with Crippen LogP contribution in [-0.4, -0.2) is 41.6 Å². The quantitative estimate of drug-likeness (QED) is 0.516. The minimum Gasteiger partial charge on any atom is -0.214 e. The highest BCUT2D eigenvalue weighted by Gasteiger charge is 2.19. The molecule has 5 heteroatoms. The summed E-state index contributed by atoms with van der Waals surface area (Å²) in [6, 6.07) is 0. The number of hydrogen-bond acceptors (Lipinski definition) is 5. The van der Waals surface area contributed by atoms with Crippen molar-refractivity contribution in [1.82, 2.24) is 20.1 Å². The van der Waals surface area contributed by atoms with E-state index in [1.54, 1.807) is 11.9 Å². The van der Waals surface area contributed by atoms with Crippen LogP contribution in [0.1, 0.15) is 0 Å². The molecule has 0 atom stereocenters. The zero-order chi connectivity index (χ0) is 6.85. The van der Waals surface area contributed by atoms with Crippen molar-refractivity contribution in [2.45, 2.75) is 0 Å². The lowest BCUT2D eigenvalue weighted by Crippen LogP contribution is -2.37. The second kappa shape index (κ2) is 2.85. The van der Waals surface area contributed by atoms with Crippen LogP contribution in [-0.2, 0) is 0 Å². The van der Waals surface area contributed by atoms with Gasteiger partial charge >= 0.3 is 0 Å². The third kappa shape index (κ3) is 1.56. The van der Waals surface area contributed by atoms with Crippen LogP contribution in [0.4, 0.5) is 0 Å². The minimum atomic E-state index is 0.928. The monoisotopic (exact) mass is 148 g/mol. The highest BCUT2D eigenvalue weighted by molar-refractivity contribution is 7.96. The molecule has 1 heterocycles. The Labute approximate surface area is 59.8 Å². The van der Waals surface area contributed by atoms with Gasteiger partial charge in [-0.15, -0.1) is 0 Å². The lowest BCUT2D eigenvalue weighted by atomic mass is 11.0. The maximum absolute atomic E-state index is 3.11. The normalized spacial score (nSPS) is 25.7.